The van der Waals surface area contributed by atoms with Gasteiger partial charge in [0, 0.05) is 12.8 Å². The number of carbonyl (C=O) groups is 2. The van der Waals surface area contributed by atoms with Gasteiger partial charge < -0.3 is 20.3 Å². The molecule has 6 heteroatoms. The first-order valence-electron chi connectivity index (χ1n) is 31.6. The van der Waals surface area contributed by atoms with Gasteiger partial charge in [-0.25, -0.2) is 0 Å². The van der Waals surface area contributed by atoms with Crippen LogP contribution in [-0.4, -0.2) is 47.4 Å². The minimum atomic E-state index is -0.668. The molecule has 2 atom stereocenters. The quantitative estimate of drug-likeness (QED) is 0.0321. The lowest BCUT2D eigenvalue weighted by molar-refractivity contribution is -0.143. The normalized spacial score (nSPS) is 12.7. The molecule has 3 N–H and O–H groups in total. The van der Waals surface area contributed by atoms with Crippen LogP contribution in [0.2, 0.25) is 0 Å². The van der Waals surface area contributed by atoms with Crippen LogP contribution in [0.25, 0.3) is 0 Å². The van der Waals surface area contributed by atoms with Gasteiger partial charge in [0.25, 0.3) is 0 Å². The Morgan fingerprint density at radius 1 is 0.386 bits per heavy atom. The highest BCUT2D eigenvalue weighted by molar-refractivity contribution is 5.76. The molecule has 1 amide bonds. The van der Waals surface area contributed by atoms with Gasteiger partial charge in [0.15, 0.2) is 0 Å². The van der Waals surface area contributed by atoms with Crippen molar-refractivity contribution in [2.24, 2.45) is 0 Å². The Balaban J connectivity index is 3.41. The number of aliphatic hydroxyl groups excluding tert-OH is 2. The molecule has 0 aliphatic rings. The summed E-state index contributed by atoms with van der Waals surface area (Å²) < 4.78 is 5.48. The van der Waals surface area contributed by atoms with Crippen molar-refractivity contribution >= 4 is 11.9 Å². The fourth-order valence-electron chi connectivity index (χ4n) is 9.87. The maximum absolute atomic E-state index is 12.5. The van der Waals surface area contributed by atoms with Gasteiger partial charge in [-0.15, -0.1) is 0 Å². The highest BCUT2D eigenvalue weighted by Crippen LogP contribution is 2.18. The highest BCUT2D eigenvalue weighted by atomic mass is 16.5. The zero-order chi connectivity index (χ0) is 50.7. The number of allylic oxidation sites excluding steroid dienone is 4. The number of ether oxygens (including phenoxy) is 1. The van der Waals surface area contributed by atoms with Crippen molar-refractivity contribution in [2.75, 3.05) is 13.2 Å². The Labute approximate surface area is 437 Å². The Bertz CT molecular complexity index is 1090. The molecule has 70 heavy (non-hydrogen) atoms. The molecule has 414 valence electrons. The van der Waals surface area contributed by atoms with Crippen molar-refractivity contribution in [1.29, 1.82) is 0 Å². The monoisotopic (exact) mass is 986 g/mol. The molecule has 0 bridgehead atoms. The van der Waals surface area contributed by atoms with Crippen molar-refractivity contribution in [2.45, 2.75) is 360 Å². The van der Waals surface area contributed by atoms with Crippen molar-refractivity contribution in [3.05, 3.63) is 24.3 Å². The number of amides is 1. The zero-order valence-corrected chi connectivity index (χ0v) is 47.3. The number of hydrogen-bond acceptors (Lipinski definition) is 5. The number of hydrogen-bond donors (Lipinski definition) is 3. The van der Waals surface area contributed by atoms with E-state index < -0.39 is 12.1 Å². The number of carbonyl (C=O) groups excluding carboxylic acids is 2. The van der Waals surface area contributed by atoms with E-state index in [4.69, 9.17) is 4.74 Å². The third-order valence-corrected chi connectivity index (χ3v) is 14.7. The smallest absolute Gasteiger partial charge is 0.305 e. The largest absolute Gasteiger partial charge is 0.466 e. The van der Waals surface area contributed by atoms with Crippen molar-refractivity contribution in [3.8, 4) is 0 Å². The summed E-state index contributed by atoms with van der Waals surface area (Å²) in [5, 5.41) is 23.3. The predicted molar refractivity (Wildman–Crippen MR) is 306 cm³/mol. The molecule has 0 rings (SSSR count). The van der Waals surface area contributed by atoms with E-state index in [9.17, 15) is 19.8 Å². The summed E-state index contributed by atoms with van der Waals surface area (Å²) in [5.74, 6) is -0.0357. The summed E-state index contributed by atoms with van der Waals surface area (Å²) in [6.45, 7) is 4.96. The summed E-state index contributed by atoms with van der Waals surface area (Å²) in [6, 6.07) is -0.546. The SMILES string of the molecule is CCCCCCC/C=C\CCCCCCCC(=O)OCCCCCCCCCCCCCC/C=C\CCCCCCCCCC(=O)NC(CO)C(O)CCCCCCCCCCCCCCCCCC. The topological polar surface area (TPSA) is 95.9 Å². The molecule has 0 saturated carbocycles. The molecule has 0 saturated heterocycles. The average molecular weight is 987 g/mol. The van der Waals surface area contributed by atoms with Gasteiger partial charge >= 0.3 is 5.97 Å². The van der Waals surface area contributed by atoms with Gasteiger partial charge in [-0.05, 0) is 77.0 Å². The molecule has 0 aliphatic heterocycles. The molecule has 2 unspecified atom stereocenters. The Morgan fingerprint density at radius 2 is 0.671 bits per heavy atom. The fourth-order valence-corrected chi connectivity index (χ4v) is 9.87. The highest BCUT2D eigenvalue weighted by Gasteiger charge is 2.20. The maximum atomic E-state index is 12.5. The third-order valence-electron chi connectivity index (χ3n) is 14.7. The molecule has 0 aliphatic carbocycles. The van der Waals surface area contributed by atoms with E-state index in [2.05, 4.69) is 43.5 Å². The van der Waals surface area contributed by atoms with Gasteiger partial charge in [-0.1, -0.05) is 282 Å². The Hall–Kier alpha value is -1.66. The van der Waals surface area contributed by atoms with Gasteiger partial charge in [0.2, 0.25) is 5.91 Å². The Kier molecular flexibility index (Phi) is 58.5. The van der Waals surface area contributed by atoms with Crippen LogP contribution in [0, 0.1) is 0 Å². The van der Waals surface area contributed by atoms with E-state index in [0.29, 0.717) is 25.9 Å². The predicted octanol–water partition coefficient (Wildman–Crippen LogP) is 19.8. The van der Waals surface area contributed by atoms with Crippen LogP contribution in [0.15, 0.2) is 24.3 Å². The summed E-state index contributed by atoms with van der Waals surface area (Å²) in [4.78, 5) is 24.5. The summed E-state index contributed by atoms with van der Waals surface area (Å²) in [5.41, 5.74) is 0. The number of esters is 1. The fraction of sp³-hybridized carbons (Fsp3) is 0.906. The second-order valence-electron chi connectivity index (χ2n) is 21.7. The molecule has 0 heterocycles. The van der Waals surface area contributed by atoms with Crippen molar-refractivity contribution in [1.82, 2.24) is 5.32 Å². The first kappa shape index (κ1) is 68.3. The van der Waals surface area contributed by atoms with Gasteiger partial charge in [0.1, 0.15) is 0 Å². The van der Waals surface area contributed by atoms with Crippen LogP contribution < -0.4 is 5.32 Å². The Morgan fingerprint density at radius 3 is 1.01 bits per heavy atom. The minimum Gasteiger partial charge on any atom is -0.466 e. The number of rotatable bonds is 59. The molecule has 0 radical (unpaired) electrons. The average Bonchev–Trinajstić information content (AvgIpc) is 3.36. The maximum Gasteiger partial charge on any atom is 0.305 e. The van der Waals surface area contributed by atoms with Crippen LogP contribution in [0.5, 0.6) is 0 Å². The molecule has 0 aromatic rings. The van der Waals surface area contributed by atoms with Crippen LogP contribution in [0.1, 0.15) is 348 Å². The second-order valence-corrected chi connectivity index (χ2v) is 21.7. The van der Waals surface area contributed by atoms with Gasteiger partial charge in [-0.3, -0.25) is 9.59 Å². The van der Waals surface area contributed by atoms with Crippen molar-refractivity contribution in [3.63, 3.8) is 0 Å². The van der Waals surface area contributed by atoms with Crippen LogP contribution in [0.3, 0.4) is 0 Å². The molecule has 0 spiro atoms. The van der Waals surface area contributed by atoms with E-state index in [1.54, 1.807) is 0 Å². The van der Waals surface area contributed by atoms with E-state index >= 15 is 0 Å². The van der Waals surface area contributed by atoms with Crippen LogP contribution in [-0.2, 0) is 14.3 Å². The zero-order valence-electron chi connectivity index (χ0n) is 47.3. The molecule has 0 aromatic heterocycles. The molecular weight excluding hydrogens is 863 g/mol. The first-order chi connectivity index (χ1) is 34.5. The number of nitrogens with one attached hydrogen (secondary N) is 1. The molecule has 0 aromatic carbocycles. The standard InChI is InChI=1S/C64H123NO5/c1-3-5-7-9-11-13-15-17-19-29-32-36-40-44-48-52-56-62(67)61(60-66)65-63(68)57-53-49-45-41-37-33-30-27-25-23-21-20-22-24-26-28-31-35-39-43-47-51-55-59-70-64(69)58-54-50-46-42-38-34-18-16-14-12-10-8-6-4-2/h16,18,23,25,61-62,66-67H,3-15,17,19-22,24,26-60H2,1-2H3,(H,65,68)/b18-16-,25-23-. The molecular formula is C64H123NO5. The van der Waals surface area contributed by atoms with Gasteiger partial charge in [-0.2, -0.15) is 0 Å². The summed E-state index contributed by atoms with van der Waals surface area (Å²) >= 11 is 0. The van der Waals surface area contributed by atoms with E-state index in [1.165, 1.54) is 270 Å². The first-order valence-corrected chi connectivity index (χ1v) is 31.6. The summed E-state index contributed by atoms with van der Waals surface area (Å²) in [7, 11) is 0. The number of unbranched alkanes of at least 4 members (excludes halogenated alkanes) is 44. The van der Waals surface area contributed by atoms with E-state index in [-0.39, 0.29) is 18.5 Å². The lowest BCUT2D eigenvalue weighted by atomic mass is 10.0. The van der Waals surface area contributed by atoms with E-state index in [0.717, 1.165) is 44.9 Å². The third kappa shape index (κ3) is 55.7. The molecule has 0 fully saturated rings. The molecule has 6 nitrogen and oxygen atoms in total. The van der Waals surface area contributed by atoms with Crippen LogP contribution in [0.4, 0.5) is 0 Å². The van der Waals surface area contributed by atoms with E-state index in [1.807, 2.05) is 0 Å². The lowest BCUT2D eigenvalue weighted by Crippen LogP contribution is -2.45. The van der Waals surface area contributed by atoms with Crippen molar-refractivity contribution < 1.29 is 24.5 Å². The number of aliphatic hydroxyl groups is 2. The van der Waals surface area contributed by atoms with Crippen LogP contribution >= 0.6 is 0 Å². The van der Waals surface area contributed by atoms with Gasteiger partial charge in [0.05, 0.1) is 25.4 Å². The lowest BCUT2D eigenvalue weighted by Gasteiger charge is -2.22. The summed E-state index contributed by atoms with van der Waals surface area (Å²) in [6.07, 6.45) is 73.3. The minimum absolute atomic E-state index is 0.00336. The second kappa shape index (κ2) is 59.9.